The molecular weight excluding hydrogens is 250 g/mol. The van der Waals surface area contributed by atoms with Gasteiger partial charge in [-0.1, -0.05) is 38.1 Å². The van der Waals surface area contributed by atoms with Gasteiger partial charge >= 0.3 is 0 Å². The quantitative estimate of drug-likeness (QED) is 0.792. The van der Waals surface area contributed by atoms with Crippen molar-refractivity contribution in [1.29, 1.82) is 0 Å². The van der Waals surface area contributed by atoms with Gasteiger partial charge in [-0.3, -0.25) is 0 Å². The molecule has 3 nitrogen and oxygen atoms in total. The molecule has 0 spiro atoms. The van der Waals surface area contributed by atoms with Crippen molar-refractivity contribution in [3.63, 3.8) is 0 Å². The first-order valence-electron chi connectivity index (χ1n) is 7.72. The van der Waals surface area contributed by atoms with Gasteiger partial charge in [0.15, 0.2) is 0 Å². The second-order valence-corrected chi connectivity index (χ2v) is 5.99. The summed E-state index contributed by atoms with van der Waals surface area (Å²) in [5.41, 5.74) is 2.56. The molecule has 1 unspecified atom stereocenters. The average Bonchev–Trinajstić information content (AvgIpc) is 2.93. The molecule has 1 atom stereocenters. The van der Waals surface area contributed by atoms with E-state index >= 15 is 0 Å². The molecule has 0 aromatic heterocycles. The van der Waals surface area contributed by atoms with Gasteiger partial charge in [0.1, 0.15) is 0 Å². The number of rotatable bonds is 8. The molecule has 0 aliphatic carbocycles. The predicted octanol–water partition coefficient (Wildman–Crippen LogP) is 3.13. The summed E-state index contributed by atoms with van der Waals surface area (Å²) < 4.78 is 11.3. The SMILES string of the molecule is CC(C)CNCc1ccc(COCC2CCCO2)cc1. The highest BCUT2D eigenvalue weighted by Crippen LogP contribution is 2.13. The van der Waals surface area contributed by atoms with Crippen LogP contribution in [0.15, 0.2) is 24.3 Å². The van der Waals surface area contributed by atoms with Crippen molar-refractivity contribution >= 4 is 0 Å². The van der Waals surface area contributed by atoms with E-state index in [1.807, 2.05) is 0 Å². The van der Waals surface area contributed by atoms with E-state index in [2.05, 4.69) is 43.4 Å². The standard InChI is InChI=1S/C17H27NO2/c1-14(2)10-18-11-15-5-7-16(8-6-15)12-19-13-17-4-3-9-20-17/h5-8,14,17-18H,3-4,9-13H2,1-2H3. The van der Waals surface area contributed by atoms with Gasteiger partial charge in [-0.15, -0.1) is 0 Å². The lowest BCUT2D eigenvalue weighted by atomic mass is 10.1. The Morgan fingerprint density at radius 1 is 1.25 bits per heavy atom. The zero-order valence-electron chi connectivity index (χ0n) is 12.7. The summed E-state index contributed by atoms with van der Waals surface area (Å²) in [6, 6.07) is 8.67. The average molecular weight is 277 g/mol. The molecule has 0 saturated carbocycles. The normalized spacial score (nSPS) is 18.9. The van der Waals surface area contributed by atoms with Crippen molar-refractivity contribution in [2.24, 2.45) is 5.92 Å². The second-order valence-electron chi connectivity index (χ2n) is 5.99. The highest BCUT2D eigenvalue weighted by Gasteiger charge is 2.15. The second kappa shape index (κ2) is 8.40. The Hall–Kier alpha value is -0.900. The molecule has 1 fully saturated rings. The third kappa shape index (κ3) is 5.61. The fourth-order valence-corrected chi connectivity index (χ4v) is 2.34. The fraction of sp³-hybridized carbons (Fsp3) is 0.647. The zero-order chi connectivity index (χ0) is 14.2. The number of hydrogen-bond acceptors (Lipinski definition) is 3. The van der Waals surface area contributed by atoms with Crippen molar-refractivity contribution in [1.82, 2.24) is 5.32 Å². The van der Waals surface area contributed by atoms with Crippen LogP contribution in [0.4, 0.5) is 0 Å². The van der Waals surface area contributed by atoms with E-state index in [-0.39, 0.29) is 0 Å². The van der Waals surface area contributed by atoms with Crippen LogP contribution in [0.2, 0.25) is 0 Å². The largest absolute Gasteiger partial charge is 0.376 e. The van der Waals surface area contributed by atoms with Crippen molar-refractivity contribution in [3.8, 4) is 0 Å². The van der Waals surface area contributed by atoms with E-state index in [9.17, 15) is 0 Å². The molecule has 112 valence electrons. The van der Waals surface area contributed by atoms with Crippen molar-refractivity contribution in [2.45, 2.75) is 45.9 Å². The molecule has 1 aliphatic heterocycles. The summed E-state index contributed by atoms with van der Waals surface area (Å²) in [6.07, 6.45) is 2.63. The summed E-state index contributed by atoms with van der Waals surface area (Å²) in [4.78, 5) is 0. The maximum absolute atomic E-state index is 5.72. The van der Waals surface area contributed by atoms with Crippen molar-refractivity contribution < 1.29 is 9.47 Å². The highest BCUT2D eigenvalue weighted by molar-refractivity contribution is 5.21. The van der Waals surface area contributed by atoms with Gasteiger partial charge in [-0.05, 0) is 36.4 Å². The molecule has 3 heteroatoms. The minimum absolute atomic E-state index is 0.314. The van der Waals surface area contributed by atoms with E-state index in [0.29, 0.717) is 18.6 Å². The molecule has 1 saturated heterocycles. The van der Waals surface area contributed by atoms with Gasteiger partial charge in [0.25, 0.3) is 0 Å². The Morgan fingerprint density at radius 3 is 2.65 bits per heavy atom. The van der Waals surface area contributed by atoms with E-state index < -0.39 is 0 Å². The summed E-state index contributed by atoms with van der Waals surface area (Å²) >= 11 is 0. The molecule has 1 aliphatic rings. The lowest BCUT2D eigenvalue weighted by Crippen LogP contribution is -2.18. The lowest BCUT2D eigenvalue weighted by Gasteiger charge is -2.11. The van der Waals surface area contributed by atoms with E-state index in [4.69, 9.17) is 9.47 Å². The van der Waals surface area contributed by atoms with Crippen LogP contribution < -0.4 is 5.32 Å². The lowest BCUT2D eigenvalue weighted by molar-refractivity contribution is 0.0106. The van der Waals surface area contributed by atoms with Crippen molar-refractivity contribution in [3.05, 3.63) is 35.4 Å². The van der Waals surface area contributed by atoms with Crippen LogP contribution >= 0.6 is 0 Å². The maximum Gasteiger partial charge on any atom is 0.0809 e. The number of ether oxygens (including phenoxy) is 2. The van der Waals surface area contributed by atoms with E-state index in [0.717, 1.165) is 32.7 Å². The van der Waals surface area contributed by atoms with Crippen LogP contribution in [-0.2, 0) is 22.6 Å². The first kappa shape index (κ1) is 15.5. The molecule has 1 heterocycles. The highest BCUT2D eigenvalue weighted by atomic mass is 16.5. The Bertz CT molecular complexity index is 369. The molecule has 1 N–H and O–H groups in total. The minimum atomic E-state index is 0.314. The Morgan fingerprint density at radius 2 is 2.00 bits per heavy atom. The van der Waals surface area contributed by atoms with Crippen LogP contribution in [-0.4, -0.2) is 25.9 Å². The van der Waals surface area contributed by atoms with Crippen LogP contribution in [0.3, 0.4) is 0 Å². The summed E-state index contributed by atoms with van der Waals surface area (Å²) in [5, 5.41) is 3.45. The summed E-state index contributed by atoms with van der Waals surface area (Å²) in [6.45, 7) is 8.74. The smallest absolute Gasteiger partial charge is 0.0809 e. The maximum atomic E-state index is 5.72. The third-order valence-electron chi connectivity index (χ3n) is 3.50. The molecule has 0 bridgehead atoms. The van der Waals surface area contributed by atoms with Crippen LogP contribution in [0.25, 0.3) is 0 Å². The van der Waals surface area contributed by atoms with Gasteiger partial charge in [0, 0.05) is 13.2 Å². The molecule has 20 heavy (non-hydrogen) atoms. The molecule has 1 aromatic rings. The minimum Gasteiger partial charge on any atom is -0.376 e. The number of benzene rings is 1. The molecule has 1 aromatic carbocycles. The fourth-order valence-electron chi connectivity index (χ4n) is 2.34. The zero-order valence-corrected chi connectivity index (χ0v) is 12.7. The molecule has 0 amide bonds. The Labute approximate surface area is 122 Å². The summed E-state index contributed by atoms with van der Waals surface area (Å²) in [5.74, 6) is 0.695. The predicted molar refractivity (Wildman–Crippen MR) is 81.6 cm³/mol. The first-order valence-corrected chi connectivity index (χ1v) is 7.72. The third-order valence-corrected chi connectivity index (χ3v) is 3.50. The first-order chi connectivity index (χ1) is 9.74. The Balaban J connectivity index is 1.65. The molecule has 2 rings (SSSR count). The van der Waals surface area contributed by atoms with Crippen molar-refractivity contribution in [2.75, 3.05) is 19.8 Å². The Kier molecular flexibility index (Phi) is 6.51. The van der Waals surface area contributed by atoms with Gasteiger partial charge in [0.05, 0.1) is 19.3 Å². The molecular formula is C17H27NO2. The van der Waals surface area contributed by atoms with Gasteiger partial charge in [-0.25, -0.2) is 0 Å². The number of nitrogens with one attached hydrogen (secondary N) is 1. The van der Waals surface area contributed by atoms with Crippen LogP contribution in [0.1, 0.15) is 37.8 Å². The van der Waals surface area contributed by atoms with Crippen LogP contribution in [0, 0.1) is 5.92 Å². The monoisotopic (exact) mass is 277 g/mol. The van der Waals surface area contributed by atoms with E-state index in [1.54, 1.807) is 0 Å². The van der Waals surface area contributed by atoms with Gasteiger partial charge < -0.3 is 14.8 Å². The van der Waals surface area contributed by atoms with E-state index in [1.165, 1.54) is 17.5 Å². The summed E-state index contributed by atoms with van der Waals surface area (Å²) in [7, 11) is 0. The van der Waals surface area contributed by atoms with Gasteiger partial charge in [0.2, 0.25) is 0 Å². The number of hydrogen-bond donors (Lipinski definition) is 1. The van der Waals surface area contributed by atoms with Crippen LogP contribution in [0.5, 0.6) is 0 Å². The van der Waals surface area contributed by atoms with Gasteiger partial charge in [-0.2, -0.15) is 0 Å². The topological polar surface area (TPSA) is 30.5 Å². The molecule has 0 radical (unpaired) electrons.